The van der Waals surface area contributed by atoms with E-state index in [0.717, 1.165) is 18.4 Å². The van der Waals surface area contributed by atoms with E-state index in [-0.39, 0.29) is 11.7 Å². The molecule has 1 aliphatic rings. The van der Waals surface area contributed by atoms with Gasteiger partial charge in [-0.1, -0.05) is 19.1 Å². The average molecular weight is 344 g/mol. The van der Waals surface area contributed by atoms with Gasteiger partial charge >= 0.3 is 12.3 Å². The zero-order valence-corrected chi connectivity index (χ0v) is 14.2. The van der Waals surface area contributed by atoms with Crippen LogP contribution in [0.15, 0.2) is 24.3 Å². The van der Waals surface area contributed by atoms with Crippen molar-refractivity contribution in [3.63, 3.8) is 0 Å². The summed E-state index contributed by atoms with van der Waals surface area (Å²) >= 11 is 0. The lowest BCUT2D eigenvalue weighted by atomic mass is 9.88. The maximum absolute atomic E-state index is 12.5. The Morgan fingerprint density at radius 1 is 1.12 bits per heavy atom. The van der Waals surface area contributed by atoms with Crippen molar-refractivity contribution in [1.29, 1.82) is 0 Å². The average Bonchev–Trinajstić information content (AvgIpc) is 2.96. The van der Waals surface area contributed by atoms with Crippen LogP contribution in [0.25, 0.3) is 0 Å². The molecule has 2 rings (SSSR count). The monoisotopic (exact) mass is 344 g/mol. The van der Waals surface area contributed by atoms with Gasteiger partial charge in [0, 0.05) is 0 Å². The van der Waals surface area contributed by atoms with Crippen LogP contribution in [-0.4, -0.2) is 12.3 Å². The Morgan fingerprint density at radius 2 is 1.67 bits per heavy atom. The van der Waals surface area contributed by atoms with Gasteiger partial charge in [0.25, 0.3) is 0 Å². The van der Waals surface area contributed by atoms with Crippen LogP contribution in [0.3, 0.4) is 0 Å². The summed E-state index contributed by atoms with van der Waals surface area (Å²) < 4.78 is 46.6. The number of alkyl halides is 3. The Morgan fingerprint density at radius 3 is 2.12 bits per heavy atom. The SMILES string of the molecule is CCC(C)(C)C(=O)OC1(c2ccc(OC(F)(F)F)cc2)CCCC1. The molecule has 1 fully saturated rings. The van der Waals surface area contributed by atoms with Crippen LogP contribution in [0.2, 0.25) is 0 Å². The molecule has 0 aliphatic heterocycles. The highest BCUT2D eigenvalue weighted by atomic mass is 19.4. The number of halogens is 3. The molecule has 0 amide bonds. The van der Waals surface area contributed by atoms with Gasteiger partial charge in [0.05, 0.1) is 5.41 Å². The Labute approximate surface area is 140 Å². The van der Waals surface area contributed by atoms with Crippen LogP contribution in [0.5, 0.6) is 5.75 Å². The minimum absolute atomic E-state index is 0.275. The third-order valence-corrected chi connectivity index (χ3v) is 4.75. The van der Waals surface area contributed by atoms with Gasteiger partial charge in [-0.25, -0.2) is 0 Å². The molecule has 0 radical (unpaired) electrons. The number of hydrogen-bond donors (Lipinski definition) is 0. The first-order chi connectivity index (χ1) is 11.1. The molecule has 0 heterocycles. The van der Waals surface area contributed by atoms with Crippen molar-refractivity contribution in [3.8, 4) is 5.75 Å². The van der Waals surface area contributed by atoms with Crippen LogP contribution in [0.1, 0.15) is 58.4 Å². The summed E-state index contributed by atoms with van der Waals surface area (Å²) in [5.41, 5.74) is -0.621. The predicted molar refractivity (Wildman–Crippen MR) is 83.4 cm³/mol. The first kappa shape index (κ1) is 18.6. The molecule has 0 bridgehead atoms. The fourth-order valence-electron chi connectivity index (χ4n) is 2.82. The van der Waals surface area contributed by atoms with Gasteiger partial charge in [0.15, 0.2) is 0 Å². The quantitative estimate of drug-likeness (QED) is 0.677. The van der Waals surface area contributed by atoms with Gasteiger partial charge in [-0.15, -0.1) is 13.2 Å². The number of hydrogen-bond acceptors (Lipinski definition) is 3. The third kappa shape index (κ3) is 4.22. The minimum atomic E-state index is -4.72. The van der Waals surface area contributed by atoms with E-state index in [1.165, 1.54) is 12.1 Å². The summed E-state index contributed by atoms with van der Waals surface area (Å²) in [7, 11) is 0. The molecule has 0 atom stereocenters. The second-order valence-electron chi connectivity index (χ2n) is 6.90. The molecule has 0 spiro atoms. The van der Waals surface area contributed by atoms with Gasteiger partial charge < -0.3 is 9.47 Å². The van der Waals surface area contributed by atoms with Gasteiger partial charge in [-0.05, 0) is 63.6 Å². The maximum atomic E-state index is 12.5. The van der Waals surface area contributed by atoms with E-state index < -0.39 is 17.4 Å². The second-order valence-corrected chi connectivity index (χ2v) is 6.90. The summed E-state index contributed by atoms with van der Waals surface area (Å²) in [6.45, 7) is 5.59. The van der Waals surface area contributed by atoms with Gasteiger partial charge in [0.1, 0.15) is 11.4 Å². The Hall–Kier alpha value is -1.72. The normalized spacial score (nSPS) is 17.6. The lowest BCUT2D eigenvalue weighted by Crippen LogP contribution is -2.36. The second kappa shape index (κ2) is 6.65. The van der Waals surface area contributed by atoms with Crippen LogP contribution >= 0.6 is 0 Å². The fraction of sp³-hybridized carbons (Fsp3) is 0.611. The highest BCUT2D eigenvalue weighted by Crippen LogP contribution is 2.44. The van der Waals surface area contributed by atoms with E-state index in [2.05, 4.69) is 4.74 Å². The van der Waals surface area contributed by atoms with E-state index in [1.54, 1.807) is 12.1 Å². The number of esters is 1. The molecule has 0 N–H and O–H groups in total. The van der Waals surface area contributed by atoms with Crippen LogP contribution in [-0.2, 0) is 15.1 Å². The van der Waals surface area contributed by atoms with Crippen molar-refractivity contribution in [2.45, 2.75) is 64.8 Å². The number of carbonyl (C=O) groups excluding carboxylic acids is 1. The molecule has 0 unspecified atom stereocenters. The highest BCUT2D eigenvalue weighted by molar-refractivity contribution is 5.76. The summed E-state index contributed by atoms with van der Waals surface area (Å²) in [4.78, 5) is 12.5. The molecule has 6 heteroatoms. The van der Waals surface area contributed by atoms with Crippen molar-refractivity contribution in [3.05, 3.63) is 29.8 Å². The first-order valence-electron chi connectivity index (χ1n) is 8.18. The molecule has 1 saturated carbocycles. The van der Waals surface area contributed by atoms with Crippen LogP contribution in [0, 0.1) is 5.41 Å². The topological polar surface area (TPSA) is 35.5 Å². The molecule has 1 aliphatic carbocycles. The van der Waals surface area contributed by atoms with Crippen molar-refractivity contribution in [2.75, 3.05) is 0 Å². The van der Waals surface area contributed by atoms with E-state index in [0.29, 0.717) is 19.3 Å². The molecule has 0 saturated heterocycles. The largest absolute Gasteiger partial charge is 0.573 e. The van der Waals surface area contributed by atoms with Gasteiger partial charge in [0.2, 0.25) is 0 Å². The zero-order valence-electron chi connectivity index (χ0n) is 14.2. The molecule has 0 aromatic heterocycles. The fourth-order valence-corrected chi connectivity index (χ4v) is 2.82. The molecule has 24 heavy (non-hydrogen) atoms. The Bertz CT molecular complexity index is 570. The molecular formula is C18H23F3O3. The van der Waals surface area contributed by atoms with Crippen molar-refractivity contribution in [1.82, 2.24) is 0 Å². The number of benzene rings is 1. The summed E-state index contributed by atoms with van der Waals surface area (Å²) in [6.07, 6.45) is -0.873. The number of carbonyl (C=O) groups is 1. The lowest BCUT2D eigenvalue weighted by molar-refractivity contribution is -0.274. The maximum Gasteiger partial charge on any atom is 0.573 e. The molecule has 1 aromatic rings. The minimum Gasteiger partial charge on any atom is -0.454 e. The third-order valence-electron chi connectivity index (χ3n) is 4.75. The van der Waals surface area contributed by atoms with E-state index in [9.17, 15) is 18.0 Å². The van der Waals surface area contributed by atoms with E-state index >= 15 is 0 Å². The van der Waals surface area contributed by atoms with Crippen LogP contribution < -0.4 is 4.74 Å². The van der Waals surface area contributed by atoms with Crippen molar-refractivity contribution >= 4 is 5.97 Å². The van der Waals surface area contributed by atoms with E-state index in [4.69, 9.17) is 4.74 Å². The van der Waals surface area contributed by atoms with E-state index in [1.807, 2.05) is 20.8 Å². The molecular weight excluding hydrogens is 321 g/mol. The first-order valence-corrected chi connectivity index (χ1v) is 8.18. The standard InChI is InChI=1S/C18H23F3O3/c1-4-16(2,3)15(22)24-17(11-5-6-12-17)13-7-9-14(10-8-13)23-18(19,20)21/h7-10H,4-6,11-12H2,1-3H3. The smallest absolute Gasteiger partial charge is 0.454 e. The predicted octanol–water partition coefficient (Wildman–Crippen LogP) is 5.33. The Kier molecular flexibility index (Phi) is 5.16. The van der Waals surface area contributed by atoms with Crippen LogP contribution in [0.4, 0.5) is 13.2 Å². The molecule has 3 nitrogen and oxygen atoms in total. The zero-order chi connectivity index (χ0) is 18.0. The number of ether oxygens (including phenoxy) is 2. The van der Waals surface area contributed by atoms with Crippen molar-refractivity contribution < 1.29 is 27.4 Å². The number of rotatable bonds is 5. The van der Waals surface area contributed by atoms with Crippen molar-refractivity contribution in [2.24, 2.45) is 5.41 Å². The lowest BCUT2D eigenvalue weighted by Gasteiger charge is -2.33. The molecule has 1 aromatic carbocycles. The summed E-state index contributed by atoms with van der Waals surface area (Å²) in [5, 5.41) is 0. The van der Waals surface area contributed by atoms with Gasteiger partial charge in [-0.2, -0.15) is 0 Å². The highest BCUT2D eigenvalue weighted by Gasteiger charge is 2.42. The summed E-state index contributed by atoms with van der Waals surface area (Å²) in [5.74, 6) is -0.554. The summed E-state index contributed by atoms with van der Waals surface area (Å²) in [6, 6.07) is 5.64. The van der Waals surface area contributed by atoms with Gasteiger partial charge in [-0.3, -0.25) is 4.79 Å². The molecule has 134 valence electrons. The Balaban J connectivity index is 2.23.